The largest absolute Gasteiger partial charge is 0.385 e. The van der Waals surface area contributed by atoms with Crippen LogP contribution in [-0.2, 0) is 0 Å². The van der Waals surface area contributed by atoms with Crippen LogP contribution in [0.4, 0.5) is 5.69 Å². The molecule has 0 aliphatic heterocycles. The first-order chi connectivity index (χ1) is 9.27. The molecule has 4 heteroatoms. The summed E-state index contributed by atoms with van der Waals surface area (Å²) in [5.41, 5.74) is 1.58. The Hall–Kier alpha value is -1.58. The molecule has 19 heavy (non-hydrogen) atoms. The van der Waals surface area contributed by atoms with E-state index in [1.165, 1.54) is 12.8 Å². The smallest absolute Gasteiger partial charge is 0.257 e. The maximum absolute atomic E-state index is 12.7. The van der Waals surface area contributed by atoms with E-state index >= 15 is 0 Å². The Kier molecular flexibility index (Phi) is 4.77. The lowest BCUT2D eigenvalue weighted by Gasteiger charge is -2.28. The number of aromatic nitrogens is 1. The zero-order valence-electron chi connectivity index (χ0n) is 11.9. The summed E-state index contributed by atoms with van der Waals surface area (Å²) in [5, 5.41) is 3.24. The second kappa shape index (κ2) is 6.55. The number of carbonyl (C=O) groups excluding carboxylic acids is 1. The van der Waals surface area contributed by atoms with Gasteiger partial charge >= 0.3 is 0 Å². The van der Waals surface area contributed by atoms with E-state index in [2.05, 4.69) is 17.2 Å². The summed E-state index contributed by atoms with van der Waals surface area (Å²) < 4.78 is 0. The molecule has 0 spiro atoms. The summed E-state index contributed by atoms with van der Waals surface area (Å²) in [5.74, 6) is 0.110. The molecule has 1 fully saturated rings. The third kappa shape index (κ3) is 3.06. The predicted octanol–water partition coefficient (Wildman–Crippen LogP) is 2.92. The van der Waals surface area contributed by atoms with Crippen molar-refractivity contribution < 1.29 is 4.79 Å². The summed E-state index contributed by atoms with van der Waals surface area (Å²) in [4.78, 5) is 18.8. The van der Waals surface area contributed by atoms with Crippen LogP contribution in [0.2, 0.25) is 0 Å². The molecule has 0 radical (unpaired) electrons. The van der Waals surface area contributed by atoms with Crippen molar-refractivity contribution in [2.45, 2.75) is 45.6 Å². The van der Waals surface area contributed by atoms with Crippen molar-refractivity contribution in [2.24, 2.45) is 0 Å². The fraction of sp³-hybridized carbons (Fsp3) is 0.600. The number of hydrogen-bond donors (Lipinski definition) is 1. The SMILES string of the molecule is CCNc1ccncc1C(=O)N(CC)C1CCCC1. The Balaban J connectivity index is 2.21. The normalized spacial score (nSPS) is 15.5. The van der Waals surface area contributed by atoms with Gasteiger partial charge in [-0.1, -0.05) is 12.8 Å². The van der Waals surface area contributed by atoms with Crippen molar-refractivity contribution in [3.8, 4) is 0 Å². The molecule has 4 nitrogen and oxygen atoms in total. The zero-order valence-corrected chi connectivity index (χ0v) is 11.9. The second-order valence-electron chi connectivity index (χ2n) is 4.98. The fourth-order valence-corrected chi connectivity index (χ4v) is 2.85. The summed E-state index contributed by atoms with van der Waals surface area (Å²) in [6.07, 6.45) is 8.15. The van der Waals surface area contributed by atoms with Crippen molar-refractivity contribution in [1.29, 1.82) is 0 Å². The quantitative estimate of drug-likeness (QED) is 0.886. The zero-order chi connectivity index (χ0) is 13.7. The highest BCUT2D eigenvalue weighted by Crippen LogP contribution is 2.26. The molecule has 0 saturated heterocycles. The van der Waals surface area contributed by atoms with Crippen molar-refractivity contribution in [1.82, 2.24) is 9.88 Å². The standard InChI is InChI=1S/C15H23N3O/c1-3-17-14-9-10-16-11-13(14)15(19)18(4-2)12-7-5-6-8-12/h9-12H,3-8H2,1-2H3,(H,16,17). The summed E-state index contributed by atoms with van der Waals surface area (Å²) in [6.45, 7) is 5.66. The van der Waals surface area contributed by atoms with Gasteiger partial charge in [-0.05, 0) is 32.8 Å². The van der Waals surface area contributed by atoms with Crippen LogP contribution in [0.1, 0.15) is 49.9 Å². The van der Waals surface area contributed by atoms with E-state index in [0.29, 0.717) is 11.6 Å². The lowest BCUT2D eigenvalue weighted by atomic mass is 10.1. The van der Waals surface area contributed by atoms with Crippen molar-refractivity contribution in [2.75, 3.05) is 18.4 Å². The molecule has 2 rings (SSSR count). The van der Waals surface area contributed by atoms with E-state index < -0.39 is 0 Å². The van der Waals surface area contributed by atoms with E-state index in [1.807, 2.05) is 17.9 Å². The first-order valence-corrected chi connectivity index (χ1v) is 7.26. The van der Waals surface area contributed by atoms with Crippen LogP contribution >= 0.6 is 0 Å². The third-order valence-corrected chi connectivity index (χ3v) is 3.79. The maximum Gasteiger partial charge on any atom is 0.257 e. The van der Waals surface area contributed by atoms with E-state index in [4.69, 9.17) is 0 Å². The first kappa shape index (κ1) is 13.8. The molecule has 0 aromatic carbocycles. The summed E-state index contributed by atoms with van der Waals surface area (Å²) in [6, 6.07) is 2.28. The molecule has 1 aromatic rings. The minimum Gasteiger partial charge on any atom is -0.385 e. The number of nitrogens with one attached hydrogen (secondary N) is 1. The van der Waals surface area contributed by atoms with E-state index in [0.717, 1.165) is 31.6 Å². The van der Waals surface area contributed by atoms with Gasteiger partial charge in [0.15, 0.2) is 0 Å². The molecule has 0 atom stereocenters. The van der Waals surface area contributed by atoms with E-state index in [9.17, 15) is 4.79 Å². The minimum atomic E-state index is 0.110. The van der Waals surface area contributed by atoms with Gasteiger partial charge < -0.3 is 10.2 Å². The molecule has 104 valence electrons. The topological polar surface area (TPSA) is 45.2 Å². The lowest BCUT2D eigenvalue weighted by Crippen LogP contribution is -2.39. The number of anilines is 1. The highest BCUT2D eigenvalue weighted by atomic mass is 16.2. The maximum atomic E-state index is 12.7. The van der Waals surface area contributed by atoms with Gasteiger partial charge in [-0.15, -0.1) is 0 Å². The van der Waals surface area contributed by atoms with Crippen LogP contribution in [-0.4, -0.2) is 34.9 Å². The van der Waals surface area contributed by atoms with Crippen LogP contribution in [0.15, 0.2) is 18.5 Å². The lowest BCUT2D eigenvalue weighted by molar-refractivity contribution is 0.0694. The number of amides is 1. The number of hydrogen-bond acceptors (Lipinski definition) is 3. The fourth-order valence-electron chi connectivity index (χ4n) is 2.85. The van der Waals surface area contributed by atoms with Gasteiger partial charge in [-0.3, -0.25) is 9.78 Å². The van der Waals surface area contributed by atoms with Gasteiger partial charge in [0.2, 0.25) is 0 Å². The summed E-state index contributed by atoms with van der Waals surface area (Å²) in [7, 11) is 0. The molecule has 1 amide bonds. The number of carbonyl (C=O) groups is 1. The van der Waals surface area contributed by atoms with Gasteiger partial charge in [0.25, 0.3) is 5.91 Å². The van der Waals surface area contributed by atoms with Crippen molar-refractivity contribution in [3.05, 3.63) is 24.0 Å². The predicted molar refractivity (Wildman–Crippen MR) is 77.4 cm³/mol. The molecular weight excluding hydrogens is 238 g/mol. The Morgan fingerprint density at radius 1 is 1.42 bits per heavy atom. The van der Waals surface area contributed by atoms with Gasteiger partial charge in [0.1, 0.15) is 0 Å². The Bertz CT molecular complexity index is 427. The van der Waals surface area contributed by atoms with Crippen molar-refractivity contribution >= 4 is 11.6 Å². The number of rotatable bonds is 5. The first-order valence-electron chi connectivity index (χ1n) is 7.26. The average molecular weight is 261 g/mol. The third-order valence-electron chi connectivity index (χ3n) is 3.79. The van der Waals surface area contributed by atoms with Gasteiger partial charge in [-0.25, -0.2) is 0 Å². The molecule has 1 N–H and O–H groups in total. The minimum absolute atomic E-state index is 0.110. The molecule has 1 aliphatic carbocycles. The molecular formula is C15H23N3O. The molecule has 1 saturated carbocycles. The molecule has 1 aliphatic rings. The number of pyridine rings is 1. The number of nitrogens with zero attached hydrogens (tertiary/aromatic N) is 2. The van der Waals surface area contributed by atoms with Gasteiger partial charge in [0.05, 0.1) is 11.3 Å². The van der Waals surface area contributed by atoms with Crippen LogP contribution in [0.5, 0.6) is 0 Å². The van der Waals surface area contributed by atoms with Crippen LogP contribution in [0.25, 0.3) is 0 Å². The van der Waals surface area contributed by atoms with E-state index in [-0.39, 0.29) is 5.91 Å². The highest BCUT2D eigenvalue weighted by molar-refractivity contribution is 5.99. The Morgan fingerprint density at radius 3 is 2.79 bits per heavy atom. The molecule has 0 bridgehead atoms. The van der Waals surface area contributed by atoms with Crippen LogP contribution in [0, 0.1) is 0 Å². The van der Waals surface area contributed by atoms with Gasteiger partial charge in [-0.2, -0.15) is 0 Å². The Labute approximate surface area is 115 Å². The van der Waals surface area contributed by atoms with E-state index in [1.54, 1.807) is 12.4 Å². The van der Waals surface area contributed by atoms with Gasteiger partial charge in [0, 0.05) is 31.5 Å². The monoisotopic (exact) mass is 261 g/mol. The van der Waals surface area contributed by atoms with Crippen LogP contribution in [0.3, 0.4) is 0 Å². The molecule has 0 unspecified atom stereocenters. The highest BCUT2D eigenvalue weighted by Gasteiger charge is 2.27. The summed E-state index contributed by atoms with van der Waals surface area (Å²) >= 11 is 0. The second-order valence-corrected chi connectivity index (χ2v) is 4.98. The van der Waals surface area contributed by atoms with Crippen LogP contribution < -0.4 is 5.32 Å². The average Bonchev–Trinajstić information content (AvgIpc) is 2.94. The molecule has 1 aromatic heterocycles. The van der Waals surface area contributed by atoms with Crippen molar-refractivity contribution in [3.63, 3.8) is 0 Å². The molecule has 1 heterocycles. The Morgan fingerprint density at radius 2 is 2.16 bits per heavy atom.